The fourth-order valence-corrected chi connectivity index (χ4v) is 1.40. The van der Waals surface area contributed by atoms with E-state index in [1.54, 1.807) is 0 Å². The summed E-state index contributed by atoms with van der Waals surface area (Å²) in [6, 6.07) is 0. The molecule has 12 heavy (non-hydrogen) atoms. The Hall–Kier alpha value is -0.580. The summed E-state index contributed by atoms with van der Waals surface area (Å²) in [5.74, 6) is -1.69. The molecule has 70 valence electrons. The van der Waals surface area contributed by atoms with Gasteiger partial charge in [-0.3, -0.25) is 4.79 Å². The molecule has 1 fully saturated rings. The second-order valence-electron chi connectivity index (χ2n) is 2.95. The molecular formula is C7H9F3O2. The van der Waals surface area contributed by atoms with E-state index in [1.165, 1.54) is 0 Å². The zero-order valence-electron chi connectivity index (χ0n) is 6.27. The predicted octanol–water partition coefficient (Wildman–Crippen LogP) is 1.28. The van der Waals surface area contributed by atoms with Crippen molar-refractivity contribution < 1.29 is 23.1 Å². The first kappa shape index (κ1) is 9.51. The van der Waals surface area contributed by atoms with Gasteiger partial charge in [-0.1, -0.05) is 0 Å². The average molecular weight is 182 g/mol. The number of hydrogen-bond donors (Lipinski definition) is 1. The molecule has 0 saturated heterocycles. The molecule has 2 atom stereocenters. The molecule has 1 N–H and O–H groups in total. The number of hydrogen-bond acceptors (Lipinski definition) is 2. The Morgan fingerprint density at radius 3 is 2.42 bits per heavy atom. The van der Waals surface area contributed by atoms with Gasteiger partial charge in [-0.15, -0.1) is 0 Å². The van der Waals surface area contributed by atoms with Crippen molar-refractivity contribution in [2.24, 2.45) is 5.92 Å². The van der Waals surface area contributed by atoms with Crippen molar-refractivity contribution in [1.82, 2.24) is 0 Å². The summed E-state index contributed by atoms with van der Waals surface area (Å²) in [4.78, 5) is 10.8. The van der Waals surface area contributed by atoms with Crippen LogP contribution < -0.4 is 0 Å². The van der Waals surface area contributed by atoms with Gasteiger partial charge in [-0.05, 0) is 12.8 Å². The van der Waals surface area contributed by atoms with Gasteiger partial charge in [0.05, 0.1) is 5.92 Å². The molecule has 0 aromatic rings. The highest BCUT2D eigenvalue weighted by Gasteiger charge is 2.47. The molecule has 2 nitrogen and oxygen atoms in total. The maximum atomic E-state index is 11.9. The van der Waals surface area contributed by atoms with Crippen molar-refractivity contribution in [1.29, 1.82) is 0 Å². The highest BCUT2D eigenvalue weighted by Crippen LogP contribution is 2.33. The number of ketones is 1. The fourth-order valence-electron chi connectivity index (χ4n) is 1.40. The van der Waals surface area contributed by atoms with E-state index in [0.29, 0.717) is 6.42 Å². The Bertz CT molecular complexity index is 188. The standard InChI is InChI=1S/C7H9F3O2/c8-7(9,10)6(12)4-2-1-3-5(4)11/h4,6,12H,1-3H2/t4-,6+/m1/s1. The Morgan fingerprint density at radius 1 is 1.50 bits per heavy atom. The van der Waals surface area contributed by atoms with Gasteiger partial charge >= 0.3 is 6.18 Å². The lowest BCUT2D eigenvalue weighted by molar-refractivity contribution is -0.217. The molecule has 0 heterocycles. The van der Waals surface area contributed by atoms with E-state index in [2.05, 4.69) is 0 Å². The number of carbonyl (C=O) groups excluding carboxylic acids is 1. The Morgan fingerprint density at radius 2 is 2.08 bits per heavy atom. The quantitative estimate of drug-likeness (QED) is 0.663. The third-order valence-corrected chi connectivity index (χ3v) is 2.07. The summed E-state index contributed by atoms with van der Waals surface area (Å²) >= 11 is 0. The third-order valence-electron chi connectivity index (χ3n) is 2.07. The van der Waals surface area contributed by atoms with Crippen LogP contribution in [0.4, 0.5) is 13.2 Å². The summed E-state index contributed by atoms with van der Waals surface area (Å²) in [5.41, 5.74) is 0. The van der Waals surface area contributed by atoms with Crippen molar-refractivity contribution in [3.8, 4) is 0 Å². The third kappa shape index (κ3) is 1.77. The number of Topliss-reactive ketones (excluding diaryl/α,β-unsaturated/α-hetero) is 1. The van der Waals surface area contributed by atoms with Crippen LogP contribution in [0.1, 0.15) is 19.3 Å². The van der Waals surface area contributed by atoms with Crippen LogP contribution in [0.15, 0.2) is 0 Å². The maximum absolute atomic E-state index is 11.9. The van der Waals surface area contributed by atoms with Crippen LogP contribution in [0.5, 0.6) is 0 Å². The predicted molar refractivity (Wildman–Crippen MR) is 34.4 cm³/mol. The molecule has 0 amide bonds. The molecule has 0 spiro atoms. The maximum Gasteiger partial charge on any atom is 0.415 e. The molecule has 0 aromatic carbocycles. The number of carbonyl (C=O) groups is 1. The smallest absolute Gasteiger partial charge is 0.383 e. The number of aliphatic hydroxyl groups excluding tert-OH is 1. The van der Waals surface area contributed by atoms with E-state index in [0.717, 1.165) is 0 Å². The zero-order valence-corrected chi connectivity index (χ0v) is 6.27. The summed E-state index contributed by atoms with van der Waals surface area (Å²) in [7, 11) is 0. The minimum atomic E-state index is -4.66. The summed E-state index contributed by atoms with van der Waals surface area (Å²) in [6.07, 6.45) is -6.36. The highest BCUT2D eigenvalue weighted by molar-refractivity contribution is 5.83. The van der Waals surface area contributed by atoms with Crippen molar-refractivity contribution in [2.75, 3.05) is 0 Å². The molecule has 0 aromatic heterocycles. The molecule has 5 heteroatoms. The lowest BCUT2D eigenvalue weighted by atomic mass is 10.00. The van der Waals surface area contributed by atoms with Gasteiger partial charge in [0.25, 0.3) is 0 Å². The molecule has 0 radical (unpaired) electrons. The van der Waals surface area contributed by atoms with Crippen molar-refractivity contribution in [3.05, 3.63) is 0 Å². The van der Waals surface area contributed by atoms with Crippen LogP contribution >= 0.6 is 0 Å². The minimum Gasteiger partial charge on any atom is -0.383 e. The van der Waals surface area contributed by atoms with E-state index < -0.39 is 24.0 Å². The van der Waals surface area contributed by atoms with E-state index in [1.807, 2.05) is 0 Å². The van der Waals surface area contributed by atoms with Crippen molar-refractivity contribution in [2.45, 2.75) is 31.5 Å². The van der Waals surface area contributed by atoms with E-state index in [9.17, 15) is 18.0 Å². The van der Waals surface area contributed by atoms with Crippen LogP contribution in [0.25, 0.3) is 0 Å². The second-order valence-corrected chi connectivity index (χ2v) is 2.95. The van der Waals surface area contributed by atoms with Gasteiger partial charge in [0.15, 0.2) is 6.10 Å². The van der Waals surface area contributed by atoms with E-state index >= 15 is 0 Å². The molecule has 0 bridgehead atoms. The van der Waals surface area contributed by atoms with Crippen LogP contribution in [-0.2, 0) is 4.79 Å². The molecular weight excluding hydrogens is 173 g/mol. The van der Waals surface area contributed by atoms with Crippen molar-refractivity contribution in [3.63, 3.8) is 0 Å². The lowest BCUT2D eigenvalue weighted by Gasteiger charge is -2.19. The topological polar surface area (TPSA) is 37.3 Å². The SMILES string of the molecule is O=C1CCC[C@H]1[C@H](O)C(F)(F)F. The molecule has 1 aliphatic rings. The highest BCUT2D eigenvalue weighted by atomic mass is 19.4. The molecule has 1 rings (SSSR count). The number of rotatable bonds is 1. The van der Waals surface area contributed by atoms with E-state index in [4.69, 9.17) is 5.11 Å². The van der Waals surface area contributed by atoms with Gasteiger partial charge in [0.1, 0.15) is 5.78 Å². The van der Waals surface area contributed by atoms with Gasteiger partial charge in [0.2, 0.25) is 0 Å². The Balaban J connectivity index is 2.63. The zero-order chi connectivity index (χ0) is 9.35. The lowest BCUT2D eigenvalue weighted by Crippen LogP contribution is -2.37. The first-order valence-corrected chi connectivity index (χ1v) is 3.70. The summed E-state index contributed by atoms with van der Waals surface area (Å²) < 4.78 is 35.6. The first-order valence-electron chi connectivity index (χ1n) is 3.70. The number of alkyl halides is 3. The second kappa shape index (κ2) is 3.05. The normalized spacial score (nSPS) is 27.7. The molecule has 1 saturated carbocycles. The summed E-state index contributed by atoms with van der Waals surface area (Å²) in [6.45, 7) is 0. The fraction of sp³-hybridized carbons (Fsp3) is 0.857. The van der Waals surface area contributed by atoms with Crippen LogP contribution in [0, 0.1) is 5.92 Å². The summed E-state index contributed by atoms with van der Waals surface area (Å²) in [5, 5.41) is 8.71. The van der Waals surface area contributed by atoms with Crippen LogP contribution in [0.3, 0.4) is 0 Å². The van der Waals surface area contributed by atoms with Gasteiger partial charge in [-0.2, -0.15) is 13.2 Å². The first-order chi connectivity index (χ1) is 5.43. The number of aliphatic hydroxyl groups is 1. The largest absolute Gasteiger partial charge is 0.415 e. The monoisotopic (exact) mass is 182 g/mol. The average Bonchev–Trinajstić information content (AvgIpc) is 2.31. The molecule has 0 aliphatic heterocycles. The van der Waals surface area contributed by atoms with Crippen molar-refractivity contribution >= 4 is 5.78 Å². The molecule has 0 unspecified atom stereocenters. The minimum absolute atomic E-state index is 0.152. The van der Waals surface area contributed by atoms with Crippen LogP contribution in [0.2, 0.25) is 0 Å². The number of halogens is 3. The van der Waals surface area contributed by atoms with Crippen LogP contribution in [-0.4, -0.2) is 23.2 Å². The van der Waals surface area contributed by atoms with Gasteiger partial charge in [0, 0.05) is 6.42 Å². The molecule has 1 aliphatic carbocycles. The Kier molecular flexibility index (Phi) is 2.41. The Labute approximate surface area is 67.4 Å². The van der Waals surface area contributed by atoms with E-state index in [-0.39, 0.29) is 12.8 Å². The van der Waals surface area contributed by atoms with Gasteiger partial charge < -0.3 is 5.11 Å². The van der Waals surface area contributed by atoms with Gasteiger partial charge in [-0.25, -0.2) is 0 Å².